The summed E-state index contributed by atoms with van der Waals surface area (Å²) in [7, 11) is 0. The zero-order valence-electron chi connectivity index (χ0n) is 22.9. The lowest BCUT2D eigenvalue weighted by molar-refractivity contribution is 0.109. The van der Waals surface area contributed by atoms with Crippen molar-refractivity contribution in [2.24, 2.45) is 0 Å². The maximum Gasteiger partial charge on any atom is 0.185 e. The van der Waals surface area contributed by atoms with Crippen LogP contribution in [0.25, 0.3) is 33.2 Å². The Morgan fingerprint density at radius 1 is 0.762 bits per heavy atom. The van der Waals surface area contributed by atoms with Crippen molar-refractivity contribution in [3.63, 3.8) is 0 Å². The Morgan fingerprint density at radius 3 is 1.76 bits per heavy atom. The molecule has 0 saturated heterocycles. The Balaban J connectivity index is 0.000000201. The molecule has 8 nitrogen and oxygen atoms in total. The molecule has 0 aliphatic carbocycles. The van der Waals surface area contributed by atoms with Gasteiger partial charge in [0.1, 0.15) is 17.5 Å². The number of rotatable bonds is 11. The first-order valence-electron chi connectivity index (χ1n) is 13.2. The fourth-order valence-corrected chi connectivity index (χ4v) is 4.74. The molecule has 42 heavy (non-hydrogen) atoms. The molecule has 2 aromatic heterocycles. The Bertz CT molecular complexity index is 1700. The van der Waals surface area contributed by atoms with Gasteiger partial charge in [0.05, 0.1) is 39.8 Å². The van der Waals surface area contributed by atoms with E-state index in [0.29, 0.717) is 89.8 Å². The van der Waals surface area contributed by atoms with E-state index in [9.17, 15) is 22.8 Å². The molecule has 0 aliphatic heterocycles. The van der Waals surface area contributed by atoms with Gasteiger partial charge in [-0.2, -0.15) is 0 Å². The molecule has 3 aromatic carbocycles. The van der Waals surface area contributed by atoms with Crippen molar-refractivity contribution in [1.29, 1.82) is 0 Å². The third-order valence-corrected chi connectivity index (χ3v) is 6.99. The maximum absolute atomic E-state index is 14.4. The molecular formula is C30H28BrF3N4O4. The van der Waals surface area contributed by atoms with Crippen molar-refractivity contribution in [3.05, 3.63) is 82.1 Å². The maximum atomic E-state index is 14.4. The summed E-state index contributed by atoms with van der Waals surface area (Å²) >= 11 is 3.13. The fraction of sp³-hybridized carbons (Fsp3) is 0.267. The highest BCUT2D eigenvalue weighted by molar-refractivity contribution is 9.10. The molecule has 0 radical (unpaired) electrons. The molecule has 2 heterocycles. The van der Waals surface area contributed by atoms with Crippen molar-refractivity contribution in [2.45, 2.75) is 26.9 Å². The standard InChI is InChI=1S/C18H16F2N2O2.C12H12BrFN2O2/c1-2-24-8-7-22-17-9-14(12-3-5-13(19)6-4-12)15(20)10-16(17)21-18(22)11-23;1-2-18-4-3-16-11-5-8(13)9(14)6-10(11)15-12(16)7-17/h3-6,9-11H,2,7-8H2,1H3;5-7H,2-4H2,1H3. The number of carbonyl (C=O) groups excluding carboxylic acids is 2. The van der Waals surface area contributed by atoms with Crippen LogP contribution in [0.5, 0.6) is 0 Å². The third kappa shape index (κ3) is 6.94. The highest BCUT2D eigenvalue weighted by Crippen LogP contribution is 2.28. The van der Waals surface area contributed by atoms with Gasteiger partial charge in [0.15, 0.2) is 24.2 Å². The number of hydrogen-bond acceptors (Lipinski definition) is 6. The highest BCUT2D eigenvalue weighted by atomic mass is 79.9. The molecule has 0 spiro atoms. The van der Waals surface area contributed by atoms with Gasteiger partial charge >= 0.3 is 0 Å². The van der Waals surface area contributed by atoms with Crippen LogP contribution in [0.2, 0.25) is 0 Å². The minimum atomic E-state index is -0.471. The van der Waals surface area contributed by atoms with Crippen molar-refractivity contribution >= 4 is 50.6 Å². The van der Waals surface area contributed by atoms with Crippen molar-refractivity contribution in [2.75, 3.05) is 26.4 Å². The molecule has 0 N–H and O–H groups in total. The summed E-state index contributed by atoms with van der Waals surface area (Å²) in [6.07, 6.45) is 1.30. The lowest BCUT2D eigenvalue weighted by atomic mass is 10.0. The molecule has 220 valence electrons. The Hall–Kier alpha value is -3.87. The number of nitrogens with zero attached hydrogens (tertiary/aromatic N) is 4. The van der Waals surface area contributed by atoms with Crippen LogP contribution >= 0.6 is 15.9 Å². The minimum Gasteiger partial charge on any atom is -0.380 e. The molecular weight excluding hydrogens is 617 g/mol. The summed E-state index contributed by atoms with van der Waals surface area (Å²) < 4.78 is 55.2. The molecule has 5 rings (SSSR count). The number of fused-ring (bicyclic) bond motifs is 2. The molecule has 0 atom stereocenters. The summed E-state index contributed by atoms with van der Waals surface area (Å²) in [6, 6.07) is 11.4. The molecule has 0 unspecified atom stereocenters. The van der Waals surface area contributed by atoms with Gasteiger partial charge < -0.3 is 18.6 Å². The summed E-state index contributed by atoms with van der Waals surface area (Å²) in [5.41, 5.74) is 3.10. The van der Waals surface area contributed by atoms with E-state index in [-0.39, 0.29) is 17.5 Å². The molecule has 0 bridgehead atoms. The average Bonchev–Trinajstić information content (AvgIpc) is 3.50. The SMILES string of the molecule is CCOCCn1c(C=O)nc2cc(F)c(-c3ccc(F)cc3)cc21.CCOCCn1c(C=O)nc2cc(F)c(Br)cc21. The van der Waals surface area contributed by atoms with Crippen LogP contribution in [-0.2, 0) is 22.6 Å². The van der Waals surface area contributed by atoms with E-state index in [4.69, 9.17) is 9.47 Å². The fourth-order valence-electron chi connectivity index (χ4n) is 4.40. The van der Waals surface area contributed by atoms with Gasteiger partial charge in [-0.25, -0.2) is 23.1 Å². The lowest BCUT2D eigenvalue weighted by Crippen LogP contribution is -2.09. The summed E-state index contributed by atoms with van der Waals surface area (Å²) in [5, 5.41) is 0. The van der Waals surface area contributed by atoms with Crippen LogP contribution in [0.4, 0.5) is 13.2 Å². The smallest absolute Gasteiger partial charge is 0.185 e. The van der Waals surface area contributed by atoms with E-state index in [2.05, 4.69) is 25.9 Å². The van der Waals surface area contributed by atoms with Crippen LogP contribution in [0.3, 0.4) is 0 Å². The first-order valence-corrected chi connectivity index (χ1v) is 14.0. The summed E-state index contributed by atoms with van der Waals surface area (Å²) in [5.74, 6) is -0.747. The Kier molecular flexibility index (Phi) is 10.6. The van der Waals surface area contributed by atoms with E-state index in [1.165, 1.54) is 36.4 Å². The topological polar surface area (TPSA) is 88.2 Å². The molecule has 0 aliphatic rings. The predicted octanol–water partition coefficient (Wildman–Crippen LogP) is 6.62. The largest absolute Gasteiger partial charge is 0.380 e. The average molecular weight is 645 g/mol. The van der Waals surface area contributed by atoms with Gasteiger partial charge in [-0.05, 0) is 59.6 Å². The first kappa shape index (κ1) is 31.1. The van der Waals surface area contributed by atoms with Crippen LogP contribution < -0.4 is 0 Å². The summed E-state index contributed by atoms with van der Waals surface area (Å²) in [6.45, 7) is 6.82. The monoisotopic (exact) mass is 644 g/mol. The number of imidazole rings is 2. The van der Waals surface area contributed by atoms with Gasteiger partial charge in [-0.15, -0.1) is 0 Å². The number of benzene rings is 3. The predicted molar refractivity (Wildman–Crippen MR) is 156 cm³/mol. The van der Waals surface area contributed by atoms with Crippen LogP contribution in [0.1, 0.15) is 35.1 Å². The normalized spacial score (nSPS) is 11.1. The molecule has 12 heteroatoms. The Morgan fingerprint density at radius 2 is 1.26 bits per heavy atom. The lowest BCUT2D eigenvalue weighted by Gasteiger charge is -2.08. The van der Waals surface area contributed by atoms with E-state index in [1.54, 1.807) is 21.3 Å². The van der Waals surface area contributed by atoms with E-state index >= 15 is 0 Å². The number of carbonyl (C=O) groups is 2. The van der Waals surface area contributed by atoms with Crippen molar-refractivity contribution < 1.29 is 32.2 Å². The van der Waals surface area contributed by atoms with Gasteiger partial charge in [-0.1, -0.05) is 12.1 Å². The minimum absolute atomic E-state index is 0.223. The summed E-state index contributed by atoms with van der Waals surface area (Å²) in [4.78, 5) is 30.5. The zero-order valence-corrected chi connectivity index (χ0v) is 24.5. The number of aldehydes is 2. The van der Waals surface area contributed by atoms with E-state index in [1.807, 2.05) is 13.8 Å². The second kappa shape index (κ2) is 14.3. The van der Waals surface area contributed by atoms with Gasteiger partial charge in [0.25, 0.3) is 0 Å². The zero-order chi connectivity index (χ0) is 30.2. The van der Waals surface area contributed by atoms with Gasteiger partial charge in [-0.3, -0.25) is 9.59 Å². The van der Waals surface area contributed by atoms with Crippen molar-refractivity contribution in [3.8, 4) is 11.1 Å². The molecule has 0 fully saturated rings. The second-order valence-corrected chi connectivity index (χ2v) is 9.81. The number of aromatic nitrogens is 4. The first-order chi connectivity index (χ1) is 20.3. The van der Waals surface area contributed by atoms with Crippen LogP contribution in [0, 0.1) is 17.5 Å². The van der Waals surface area contributed by atoms with Crippen molar-refractivity contribution in [1.82, 2.24) is 19.1 Å². The number of ether oxygens (including phenoxy) is 2. The molecule has 0 amide bonds. The van der Waals surface area contributed by atoms with E-state index < -0.39 is 11.6 Å². The number of hydrogen-bond donors (Lipinski definition) is 0. The third-order valence-electron chi connectivity index (χ3n) is 6.38. The van der Waals surface area contributed by atoms with Crippen LogP contribution in [0.15, 0.2) is 53.0 Å². The highest BCUT2D eigenvalue weighted by Gasteiger charge is 2.15. The number of halogens is 4. The second-order valence-electron chi connectivity index (χ2n) is 8.96. The van der Waals surface area contributed by atoms with Crippen LogP contribution in [-0.4, -0.2) is 58.1 Å². The molecule has 0 saturated carbocycles. The van der Waals surface area contributed by atoms with E-state index in [0.717, 1.165) is 0 Å². The van der Waals surface area contributed by atoms with Gasteiger partial charge in [0, 0.05) is 44.0 Å². The quantitative estimate of drug-likeness (QED) is 0.119. The van der Waals surface area contributed by atoms with Gasteiger partial charge in [0.2, 0.25) is 0 Å². The Labute approximate surface area is 248 Å². The molecule has 5 aromatic rings.